The lowest BCUT2D eigenvalue weighted by molar-refractivity contribution is 0.104. The number of hydrogen-bond donors (Lipinski definition) is 1. The number of nitrogen functional groups attached to an aromatic ring is 1. The zero-order valence-electron chi connectivity index (χ0n) is 15.0. The normalized spacial score (nSPS) is 11.0. The van der Waals surface area contributed by atoms with Crippen molar-refractivity contribution >= 4 is 29.1 Å². The van der Waals surface area contributed by atoms with Gasteiger partial charge in [0.1, 0.15) is 5.75 Å². The molecule has 0 bridgehead atoms. The second kappa shape index (κ2) is 8.49. The molecule has 0 atom stereocenters. The average molecular weight is 378 g/mol. The largest absolute Gasteiger partial charge is 0.495 e. The summed E-state index contributed by atoms with van der Waals surface area (Å²) in [5.41, 5.74) is 7.14. The maximum Gasteiger partial charge on any atom is 0.204 e. The minimum atomic E-state index is -0.373. The van der Waals surface area contributed by atoms with Gasteiger partial charge in [-0.1, -0.05) is 11.6 Å². The number of carbonyl (C=O) groups is 1. The second-order valence-electron chi connectivity index (χ2n) is 5.20. The highest BCUT2D eigenvalue weighted by Gasteiger charge is 2.17. The summed E-state index contributed by atoms with van der Waals surface area (Å²) in [7, 11) is 6.00. The fourth-order valence-electron chi connectivity index (χ4n) is 2.43. The van der Waals surface area contributed by atoms with Crippen LogP contribution in [0.4, 0.5) is 5.69 Å². The van der Waals surface area contributed by atoms with E-state index in [0.29, 0.717) is 39.8 Å². The van der Waals surface area contributed by atoms with Crippen LogP contribution in [0.15, 0.2) is 35.4 Å². The van der Waals surface area contributed by atoms with Crippen LogP contribution in [0, 0.1) is 0 Å². The Bertz CT molecular complexity index is 848. The molecular formula is C19H20ClNO5. The Morgan fingerprint density at radius 3 is 2.15 bits per heavy atom. The van der Waals surface area contributed by atoms with E-state index < -0.39 is 0 Å². The van der Waals surface area contributed by atoms with Gasteiger partial charge in [-0.3, -0.25) is 4.79 Å². The Labute approximate surface area is 157 Å². The van der Waals surface area contributed by atoms with Crippen LogP contribution in [0.5, 0.6) is 23.0 Å². The Hall–Kier alpha value is -2.86. The van der Waals surface area contributed by atoms with Gasteiger partial charge in [0.25, 0.3) is 0 Å². The zero-order valence-corrected chi connectivity index (χ0v) is 15.7. The quantitative estimate of drug-likeness (QED) is 0.449. The van der Waals surface area contributed by atoms with Crippen LogP contribution in [0.25, 0.3) is 6.08 Å². The molecule has 6 nitrogen and oxygen atoms in total. The van der Waals surface area contributed by atoms with Crippen LogP contribution < -0.4 is 24.7 Å². The fourth-order valence-corrected chi connectivity index (χ4v) is 2.66. The maximum atomic E-state index is 12.6. The molecule has 0 fully saturated rings. The minimum absolute atomic E-state index is 0.00217. The summed E-state index contributed by atoms with van der Waals surface area (Å²) in [6.45, 7) is 0. The van der Waals surface area contributed by atoms with E-state index in [-0.39, 0.29) is 10.8 Å². The molecule has 0 radical (unpaired) electrons. The van der Waals surface area contributed by atoms with Crippen molar-refractivity contribution in [3.8, 4) is 23.0 Å². The number of benzene rings is 2. The first kappa shape index (κ1) is 19.5. The molecule has 0 heterocycles. The summed E-state index contributed by atoms with van der Waals surface area (Å²) in [6.07, 6.45) is 1.51. The molecule has 0 saturated heterocycles. The number of allylic oxidation sites excluding steroid dienone is 1. The lowest BCUT2D eigenvalue weighted by atomic mass is 10.1. The molecule has 0 aromatic heterocycles. The number of halogens is 1. The Balaban J connectivity index is 2.44. The van der Waals surface area contributed by atoms with Gasteiger partial charge in [0.15, 0.2) is 11.5 Å². The molecule has 0 aliphatic heterocycles. The number of rotatable bonds is 7. The smallest absolute Gasteiger partial charge is 0.204 e. The number of carbonyl (C=O) groups excluding carboxylic acids is 1. The molecule has 0 unspecified atom stereocenters. The van der Waals surface area contributed by atoms with Crippen LogP contribution in [-0.2, 0) is 0 Å². The van der Waals surface area contributed by atoms with Gasteiger partial charge in [0.2, 0.25) is 11.5 Å². The lowest BCUT2D eigenvalue weighted by Gasteiger charge is -2.14. The van der Waals surface area contributed by atoms with Crippen molar-refractivity contribution in [1.82, 2.24) is 0 Å². The number of hydrogen-bond acceptors (Lipinski definition) is 6. The van der Waals surface area contributed by atoms with E-state index in [9.17, 15) is 4.79 Å². The predicted octanol–water partition coefficient (Wildman–Crippen LogP) is 3.77. The van der Waals surface area contributed by atoms with Crippen molar-refractivity contribution < 1.29 is 23.7 Å². The number of Topliss-reactive ketones (excluding diaryl/α,β-unsaturated/α-hetero) is 1. The van der Waals surface area contributed by atoms with Gasteiger partial charge in [-0.15, -0.1) is 0 Å². The van der Waals surface area contributed by atoms with E-state index in [1.165, 1.54) is 34.5 Å². The van der Waals surface area contributed by atoms with E-state index in [4.69, 9.17) is 36.3 Å². The SMILES string of the molecule is COc1cc(C(=O)/C(Cl)=C\c2ccc(OC)c(OC)c2OC)ccc1N. The summed E-state index contributed by atoms with van der Waals surface area (Å²) in [4.78, 5) is 12.6. The summed E-state index contributed by atoms with van der Waals surface area (Å²) < 4.78 is 21.1. The predicted molar refractivity (Wildman–Crippen MR) is 102 cm³/mol. The van der Waals surface area contributed by atoms with Crippen molar-refractivity contribution in [1.29, 1.82) is 0 Å². The minimum Gasteiger partial charge on any atom is -0.495 e. The van der Waals surface area contributed by atoms with Gasteiger partial charge < -0.3 is 24.7 Å². The van der Waals surface area contributed by atoms with Crippen LogP contribution >= 0.6 is 11.6 Å². The van der Waals surface area contributed by atoms with Crippen LogP contribution in [0.3, 0.4) is 0 Å². The molecule has 2 aromatic rings. The van der Waals surface area contributed by atoms with Crippen molar-refractivity contribution in [2.75, 3.05) is 34.2 Å². The lowest BCUT2D eigenvalue weighted by Crippen LogP contribution is -2.02. The van der Waals surface area contributed by atoms with Crippen LogP contribution in [0.2, 0.25) is 0 Å². The molecular weight excluding hydrogens is 358 g/mol. The van der Waals surface area contributed by atoms with E-state index in [1.807, 2.05) is 0 Å². The second-order valence-corrected chi connectivity index (χ2v) is 5.61. The highest BCUT2D eigenvalue weighted by atomic mass is 35.5. The third-order valence-corrected chi connectivity index (χ3v) is 4.01. The van der Waals surface area contributed by atoms with Gasteiger partial charge in [-0.2, -0.15) is 0 Å². The molecule has 0 amide bonds. The van der Waals surface area contributed by atoms with Gasteiger partial charge in [0, 0.05) is 11.1 Å². The van der Waals surface area contributed by atoms with E-state index in [0.717, 1.165) is 0 Å². The first-order chi connectivity index (χ1) is 12.5. The molecule has 0 aliphatic rings. The molecule has 2 N–H and O–H groups in total. The Morgan fingerprint density at radius 1 is 0.923 bits per heavy atom. The monoisotopic (exact) mass is 377 g/mol. The number of anilines is 1. The van der Waals surface area contributed by atoms with E-state index in [1.54, 1.807) is 30.3 Å². The maximum absolute atomic E-state index is 12.6. The standard InChI is InChI=1S/C19H20ClNO5/c1-23-15-8-6-12(18(25-3)19(15)26-4)9-13(20)17(22)11-5-7-14(21)16(10-11)24-2/h5-10H,21H2,1-4H3/b13-9+. The third kappa shape index (κ3) is 3.86. The van der Waals surface area contributed by atoms with Crippen LogP contribution in [0.1, 0.15) is 15.9 Å². The van der Waals surface area contributed by atoms with Crippen LogP contribution in [-0.4, -0.2) is 34.2 Å². The van der Waals surface area contributed by atoms with Gasteiger partial charge in [-0.05, 0) is 36.4 Å². The zero-order chi connectivity index (χ0) is 19.3. The number of ketones is 1. The van der Waals surface area contributed by atoms with Crippen molar-refractivity contribution in [3.05, 3.63) is 46.5 Å². The molecule has 0 aliphatic carbocycles. The summed E-state index contributed by atoms with van der Waals surface area (Å²) in [5, 5.41) is 0.00217. The molecule has 138 valence electrons. The number of nitrogens with two attached hydrogens (primary N) is 1. The van der Waals surface area contributed by atoms with Gasteiger partial charge in [0.05, 0.1) is 39.2 Å². The van der Waals surface area contributed by atoms with Crippen molar-refractivity contribution in [3.63, 3.8) is 0 Å². The van der Waals surface area contributed by atoms with E-state index in [2.05, 4.69) is 0 Å². The molecule has 2 rings (SSSR count). The number of ether oxygens (including phenoxy) is 4. The topological polar surface area (TPSA) is 80.0 Å². The molecule has 0 spiro atoms. The Morgan fingerprint density at radius 2 is 1.58 bits per heavy atom. The third-order valence-electron chi connectivity index (χ3n) is 3.73. The molecule has 2 aromatic carbocycles. The van der Waals surface area contributed by atoms with E-state index >= 15 is 0 Å². The highest BCUT2D eigenvalue weighted by Crippen LogP contribution is 2.41. The molecule has 0 saturated carbocycles. The van der Waals surface area contributed by atoms with Crippen molar-refractivity contribution in [2.24, 2.45) is 0 Å². The molecule has 26 heavy (non-hydrogen) atoms. The average Bonchev–Trinajstić information content (AvgIpc) is 2.67. The fraction of sp³-hybridized carbons (Fsp3) is 0.211. The number of methoxy groups -OCH3 is 4. The first-order valence-corrected chi connectivity index (χ1v) is 7.99. The summed E-state index contributed by atoms with van der Waals surface area (Å²) in [5.74, 6) is 1.36. The van der Waals surface area contributed by atoms with Gasteiger partial charge >= 0.3 is 0 Å². The van der Waals surface area contributed by atoms with Gasteiger partial charge in [-0.25, -0.2) is 0 Å². The summed E-state index contributed by atoms with van der Waals surface area (Å²) >= 11 is 6.25. The summed E-state index contributed by atoms with van der Waals surface area (Å²) in [6, 6.07) is 8.14. The highest BCUT2D eigenvalue weighted by molar-refractivity contribution is 6.47. The van der Waals surface area contributed by atoms with Crippen molar-refractivity contribution in [2.45, 2.75) is 0 Å². The molecule has 7 heteroatoms. The Kier molecular flexibility index (Phi) is 6.36. The first-order valence-electron chi connectivity index (χ1n) is 7.61.